The normalized spacial score (nSPS) is 12.8. The monoisotopic (exact) mass is 400 g/mol. The Bertz CT molecular complexity index is 1210. The van der Waals surface area contributed by atoms with E-state index in [4.69, 9.17) is 14.5 Å². The maximum absolute atomic E-state index is 5.75. The van der Waals surface area contributed by atoms with E-state index in [1.54, 1.807) is 0 Å². The minimum atomic E-state index is 0.564. The van der Waals surface area contributed by atoms with Crippen LogP contribution in [0.4, 0.5) is 17.2 Å². The molecule has 2 aromatic heterocycles. The van der Waals surface area contributed by atoms with E-state index in [0.29, 0.717) is 13.2 Å². The highest BCUT2D eigenvalue weighted by molar-refractivity contribution is 5.81. The number of nitrogens with one attached hydrogen (secondary N) is 1. The zero-order valence-electron chi connectivity index (χ0n) is 17.3. The number of hydrogen-bond donors (Lipinski definition) is 1. The molecule has 5 rings (SSSR count). The Kier molecular flexibility index (Phi) is 4.47. The molecule has 152 valence electrons. The molecule has 0 bridgehead atoms. The van der Waals surface area contributed by atoms with E-state index < -0.39 is 0 Å². The van der Waals surface area contributed by atoms with Crippen LogP contribution in [0.15, 0.2) is 60.8 Å². The standard InChI is InChI=1S/C24H24N4O2/c1-16-4-11-22-26-23(17-5-8-19(9-6-17)27(2)3)24(28(22)15-16)25-18-7-10-20-21(14-18)30-13-12-29-20/h4-11,14-15,25H,12-13H2,1-3H3. The largest absolute Gasteiger partial charge is 0.486 e. The van der Waals surface area contributed by atoms with E-state index in [-0.39, 0.29) is 0 Å². The molecule has 4 aromatic rings. The van der Waals surface area contributed by atoms with Crippen molar-refractivity contribution in [3.05, 3.63) is 66.4 Å². The number of hydrogen-bond acceptors (Lipinski definition) is 5. The highest BCUT2D eigenvalue weighted by Crippen LogP contribution is 2.36. The number of rotatable bonds is 4. The van der Waals surface area contributed by atoms with Gasteiger partial charge >= 0.3 is 0 Å². The van der Waals surface area contributed by atoms with Crippen LogP contribution >= 0.6 is 0 Å². The van der Waals surface area contributed by atoms with E-state index in [1.165, 1.54) is 5.56 Å². The number of aromatic nitrogens is 2. The van der Waals surface area contributed by atoms with E-state index in [0.717, 1.165) is 45.6 Å². The Balaban J connectivity index is 1.60. The lowest BCUT2D eigenvalue weighted by Crippen LogP contribution is -2.15. The molecule has 0 saturated carbocycles. The Hall–Kier alpha value is -3.67. The van der Waals surface area contributed by atoms with Crippen LogP contribution in [-0.4, -0.2) is 36.7 Å². The smallest absolute Gasteiger partial charge is 0.163 e. The molecule has 0 radical (unpaired) electrons. The number of fused-ring (bicyclic) bond motifs is 2. The van der Waals surface area contributed by atoms with Crippen LogP contribution in [0.1, 0.15) is 5.56 Å². The maximum Gasteiger partial charge on any atom is 0.163 e. The molecule has 30 heavy (non-hydrogen) atoms. The molecule has 1 aliphatic rings. The third-order valence-corrected chi connectivity index (χ3v) is 5.23. The van der Waals surface area contributed by atoms with E-state index >= 15 is 0 Å². The van der Waals surface area contributed by atoms with Gasteiger partial charge in [0.1, 0.15) is 30.4 Å². The quantitative estimate of drug-likeness (QED) is 0.529. The van der Waals surface area contributed by atoms with Crippen molar-refractivity contribution in [1.29, 1.82) is 0 Å². The number of benzene rings is 2. The van der Waals surface area contributed by atoms with Gasteiger partial charge in [-0.1, -0.05) is 18.2 Å². The molecule has 2 aromatic carbocycles. The van der Waals surface area contributed by atoms with Gasteiger partial charge in [0, 0.05) is 43.3 Å². The first-order valence-corrected chi connectivity index (χ1v) is 10.0. The van der Waals surface area contributed by atoms with Gasteiger partial charge in [0.15, 0.2) is 11.5 Å². The molecule has 0 unspecified atom stereocenters. The fourth-order valence-electron chi connectivity index (χ4n) is 3.65. The summed E-state index contributed by atoms with van der Waals surface area (Å²) in [6.07, 6.45) is 2.10. The van der Waals surface area contributed by atoms with Crippen molar-refractivity contribution in [2.45, 2.75) is 6.92 Å². The van der Waals surface area contributed by atoms with Crippen LogP contribution in [0.5, 0.6) is 11.5 Å². The lowest BCUT2D eigenvalue weighted by Gasteiger charge is -2.19. The lowest BCUT2D eigenvalue weighted by atomic mass is 10.1. The number of nitrogens with zero attached hydrogens (tertiary/aromatic N) is 3. The highest BCUT2D eigenvalue weighted by atomic mass is 16.6. The topological polar surface area (TPSA) is 51.0 Å². The zero-order valence-corrected chi connectivity index (χ0v) is 17.3. The van der Waals surface area contributed by atoms with Crippen molar-refractivity contribution in [2.75, 3.05) is 37.5 Å². The number of ether oxygens (including phenoxy) is 2. The summed E-state index contributed by atoms with van der Waals surface area (Å²) in [6.45, 7) is 3.23. The summed E-state index contributed by atoms with van der Waals surface area (Å²) in [7, 11) is 4.08. The van der Waals surface area contributed by atoms with Gasteiger partial charge in [-0.2, -0.15) is 0 Å². The van der Waals surface area contributed by atoms with Crippen LogP contribution < -0.4 is 19.7 Å². The average Bonchev–Trinajstić information content (AvgIpc) is 3.11. The van der Waals surface area contributed by atoms with Crippen molar-refractivity contribution in [1.82, 2.24) is 9.38 Å². The van der Waals surface area contributed by atoms with Gasteiger partial charge in [-0.3, -0.25) is 4.40 Å². The zero-order chi connectivity index (χ0) is 20.7. The lowest BCUT2D eigenvalue weighted by molar-refractivity contribution is 0.171. The Morgan fingerprint density at radius 3 is 2.47 bits per heavy atom. The number of pyridine rings is 1. The second kappa shape index (κ2) is 7.30. The summed E-state index contributed by atoms with van der Waals surface area (Å²) in [5, 5.41) is 3.56. The van der Waals surface area contributed by atoms with Crippen molar-refractivity contribution >= 4 is 22.8 Å². The third-order valence-electron chi connectivity index (χ3n) is 5.23. The molecular formula is C24H24N4O2. The predicted octanol–water partition coefficient (Wildman–Crippen LogP) is 4.89. The van der Waals surface area contributed by atoms with Crippen LogP contribution in [-0.2, 0) is 0 Å². The highest BCUT2D eigenvalue weighted by Gasteiger charge is 2.17. The summed E-state index contributed by atoms with van der Waals surface area (Å²) in [4.78, 5) is 7.00. The molecule has 6 nitrogen and oxygen atoms in total. The van der Waals surface area contributed by atoms with Crippen LogP contribution in [0, 0.1) is 6.92 Å². The molecule has 6 heteroatoms. The molecule has 0 spiro atoms. The SMILES string of the molecule is Cc1ccc2nc(-c3ccc(N(C)C)cc3)c(Nc3ccc4c(c3)OCCO4)n2c1. The average molecular weight is 400 g/mol. The summed E-state index contributed by atoms with van der Waals surface area (Å²) < 4.78 is 13.5. The maximum atomic E-state index is 5.75. The first kappa shape index (κ1) is 18.4. The van der Waals surface area contributed by atoms with Gasteiger partial charge < -0.3 is 19.7 Å². The van der Waals surface area contributed by atoms with Crippen molar-refractivity contribution in [3.63, 3.8) is 0 Å². The first-order chi connectivity index (χ1) is 14.6. The van der Waals surface area contributed by atoms with Gasteiger partial charge in [-0.25, -0.2) is 4.98 Å². The first-order valence-electron chi connectivity index (χ1n) is 10.0. The fourth-order valence-corrected chi connectivity index (χ4v) is 3.65. The Morgan fingerprint density at radius 1 is 0.933 bits per heavy atom. The molecule has 0 amide bonds. The Morgan fingerprint density at radius 2 is 1.70 bits per heavy atom. The van der Waals surface area contributed by atoms with Crippen molar-refractivity contribution < 1.29 is 9.47 Å². The van der Waals surface area contributed by atoms with Crippen LogP contribution in [0.2, 0.25) is 0 Å². The van der Waals surface area contributed by atoms with Gasteiger partial charge in [-0.05, 0) is 42.8 Å². The van der Waals surface area contributed by atoms with Crippen LogP contribution in [0.3, 0.4) is 0 Å². The van der Waals surface area contributed by atoms with Crippen molar-refractivity contribution in [2.24, 2.45) is 0 Å². The third kappa shape index (κ3) is 3.30. The fraction of sp³-hybridized carbons (Fsp3) is 0.208. The Labute approximate surface area is 175 Å². The minimum absolute atomic E-state index is 0.564. The van der Waals surface area contributed by atoms with Crippen molar-refractivity contribution in [3.8, 4) is 22.8 Å². The molecule has 0 fully saturated rings. The van der Waals surface area contributed by atoms with E-state index in [2.05, 4.69) is 58.1 Å². The minimum Gasteiger partial charge on any atom is -0.486 e. The molecule has 0 saturated heterocycles. The van der Waals surface area contributed by atoms with E-state index in [1.807, 2.05) is 38.4 Å². The summed E-state index contributed by atoms with van der Waals surface area (Å²) in [5.74, 6) is 2.46. The molecular weight excluding hydrogens is 376 g/mol. The number of aryl methyl sites for hydroxylation is 1. The molecule has 0 atom stereocenters. The molecule has 1 N–H and O–H groups in total. The van der Waals surface area contributed by atoms with Gasteiger partial charge in [0.25, 0.3) is 0 Å². The van der Waals surface area contributed by atoms with Gasteiger partial charge in [-0.15, -0.1) is 0 Å². The van der Waals surface area contributed by atoms with Crippen LogP contribution in [0.25, 0.3) is 16.9 Å². The molecule has 3 heterocycles. The second-order valence-electron chi connectivity index (χ2n) is 7.67. The summed E-state index contributed by atoms with van der Waals surface area (Å²) >= 11 is 0. The van der Waals surface area contributed by atoms with E-state index in [9.17, 15) is 0 Å². The molecule has 1 aliphatic heterocycles. The number of anilines is 3. The van der Waals surface area contributed by atoms with Gasteiger partial charge in [0.05, 0.1) is 0 Å². The molecule has 0 aliphatic carbocycles. The summed E-state index contributed by atoms with van der Waals surface area (Å²) in [5.41, 5.74) is 6.10. The van der Waals surface area contributed by atoms with Gasteiger partial charge in [0.2, 0.25) is 0 Å². The number of imidazole rings is 1. The summed E-state index contributed by atoms with van der Waals surface area (Å²) in [6, 6.07) is 18.5. The second-order valence-corrected chi connectivity index (χ2v) is 7.67. The predicted molar refractivity (Wildman–Crippen MR) is 120 cm³/mol.